The van der Waals surface area contributed by atoms with Crippen molar-refractivity contribution >= 4 is 27.2 Å². The minimum absolute atomic E-state index is 0.0657. The van der Waals surface area contributed by atoms with E-state index in [9.17, 15) is 39.6 Å². The van der Waals surface area contributed by atoms with E-state index in [1.54, 1.807) is 18.2 Å². The molecular weight excluding hydrogens is 464 g/mol. The number of rotatable bonds is 5. The molecule has 2 heterocycles. The standard InChI is InChI=1S/C19H17F6N3O3S/c20-18(21,22)13-4-5-16(26-10-13)27-15-3-1-2-12-11-28(8-6-14(12)15)17(29)7-9-32(30,31)19(23,24)25/h1-5,10H,6-9,11H2,(H,26,27). The summed E-state index contributed by atoms with van der Waals surface area (Å²) in [6, 6.07) is 7.10. The van der Waals surface area contributed by atoms with Gasteiger partial charge in [-0.2, -0.15) is 26.3 Å². The van der Waals surface area contributed by atoms with Gasteiger partial charge in [0, 0.05) is 31.4 Å². The van der Waals surface area contributed by atoms with Crippen molar-refractivity contribution in [2.75, 3.05) is 17.6 Å². The van der Waals surface area contributed by atoms with E-state index in [1.165, 1.54) is 11.0 Å². The molecule has 0 unspecified atom stereocenters. The van der Waals surface area contributed by atoms with E-state index in [2.05, 4.69) is 10.3 Å². The molecule has 174 valence electrons. The number of hydrogen-bond acceptors (Lipinski definition) is 5. The maximum Gasteiger partial charge on any atom is 0.497 e. The molecule has 1 aliphatic rings. The number of alkyl halides is 6. The van der Waals surface area contributed by atoms with Crippen LogP contribution in [0.5, 0.6) is 0 Å². The third-order valence-corrected chi connectivity index (χ3v) is 6.36. The number of anilines is 2. The van der Waals surface area contributed by atoms with Gasteiger partial charge in [-0.1, -0.05) is 12.1 Å². The number of sulfone groups is 1. The van der Waals surface area contributed by atoms with Crippen LogP contribution in [0.25, 0.3) is 0 Å². The van der Waals surface area contributed by atoms with Gasteiger partial charge >= 0.3 is 11.7 Å². The molecule has 3 rings (SSSR count). The normalized spacial score (nSPS) is 14.8. The number of amides is 1. The number of aromatic nitrogens is 1. The van der Waals surface area contributed by atoms with E-state index >= 15 is 0 Å². The zero-order valence-electron chi connectivity index (χ0n) is 16.3. The Bertz CT molecular complexity index is 1100. The fourth-order valence-corrected chi connectivity index (χ4v) is 3.88. The highest BCUT2D eigenvalue weighted by Gasteiger charge is 2.45. The molecule has 0 aliphatic carbocycles. The van der Waals surface area contributed by atoms with E-state index in [-0.39, 0.29) is 18.9 Å². The number of hydrogen-bond donors (Lipinski definition) is 1. The summed E-state index contributed by atoms with van der Waals surface area (Å²) in [5.41, 5.74) is -4.27. The fourth-order valence-electron chi connectivity index (χ4n) is 3.21. The molecule has 6 nitrogen and oxygen atoms in total. The molecule has 1 N–H and O–H groups in total. The molecule has 32 heavy (non-hydrogen) atoms. The van der Waals surface area contributed by atoms with Crippen LogP contribution in [-0.2, 0) is 33.8 Å². The Kier molecular flexibility index (Phi) is 6.40. The van der Waals surface area contributed by atoms with E-state index in [0.717, 1.165) is 11.6 Å². The van der Waals surface area contributed by atoms with Crippen LogP contribution in [0.1, 0.15) is 23.1 Å². The Morgan fingerprint density at radius 2 is 1.81 bits per heavy atom. The summed E-state index contributed by atoms with van der Waals surface area (Å²) in [6.07, 6.45) is -4.28. The molecular formula is C19H17F6N3O3S. The van der Waals surface area contributed by atoms with Gasteiger partial charge in [0.25, 0.3) is 0 Å². The summed E-state index contributed by atoms with van der Waals surface area (Å²) in [6.45, 7) is 0.216. The average Bonchev–Trinajstić information content (AvgIpc) is 2.71. The Hall–Kier alpha value is -2.83. The quantitative estimate of drug-likeness (QED) is 0.652. The number of pyridine rings is 1. The first-order chi connectivity index (χ1) is 14.8. The van der Waals surface area contributed by atoms with Gasteiger partial charge in [-0.15, -0.1) is 0 Å². The Labute approximate surface area is 179 Å². The lowest BCUT2D eigenvalue weighted by Crippen LogP contribution is -2.38. The summed E-state index contributed by atoms with van der Waals surface area (Å²) in [7, 11) is -5.38. The first-order valence-electron chi connectivity index (χ1n) is 9.26. The molecule has 13 heteroatoms. The summed E-state index contributed by atoms with van der Waals surface area (Å²) >= 11 is 0. The van der Waals surface area contributed by atoms with Crippen LogP contribution in [0, 0.1) is 0 Å². The highest BCUT2D eigenvalue weighted by Crippen LogP contribution is 2.31. The van der Waals surface area contributed by atoms with E-state index in [1.807, 2.05) is 0 Å². The van der Waals surface area contributed by atoms with E-state index < -0.39 is 45.2 Å². The van der Waals surface area contributed by atoms with Crippen molar-refractivity contribution in [2.24, 2.45) is 0 Å². The van der Waals surface area contributed by atoms with Crippen LogP contribution in [0.15, 0.2) is 36.5 Å². The molecule has 0 saturated heterocycles. The summed E-state index contributed by atoms with van der Waals surface area (Å²) in [4.78, 5) is 17.3. The fraction of sp³-hybridized carbons (Fsp3) is 0.368. The van der Waals surface area contributed by atoms with Crippen LogP contribution < -0.4 is 5.32 Å². The summed E-state index contributed by atoms with van der Waals surface area (Å²) in [5, 5.41) is 2.93. The molecule has 0 bridgehead atoms. The van der Waals surface area contributed by atoms with Crippen LogP contribution in [0.4, 0.5) is 37.8 Å². The number of carbonyl (C=O) groups is 1. The predicted molar refractivity (Wildman–Crippen MR) is 103 cm³/mol. The smallest absolute Gasteiger partial charge is 0.340 e. The van der Waals surface area contributed by atoms with Gasteiger partial charge in [-0.3, -0.25) is 4.79 Å². The second kappa shape index (κ2) is 8.60. The summed E-state index contributed by atoms with van der Waals surface area (Å²) < 4.78 is 97.7. The largest absolute Gasteiger partial charge is 0.497 e. The van der Waals surface area contributed by atoms with Crippen LogP contribution >= 0.6 is 0 Å². The van der Waals surface area contributed by atoms with E-state index in [0.29, 0.717) is 23.9 Å². The number of carbonyl (C=O) groups excluding carboxylic acids is 1. The second-order valence-electron chi connectivity index (χ2n) is 7.08. The van der Waals surface area contributed by atoms with Gasteiger partial charge in [-0.25, -0.2) is 13.4 Å². The number of benzene rings is 1. The highest BCUT2D eigenvalue weighted by molar-refractivity contribution is 7.92. The molecule has 0 fully saturated rings. The molecule has 1 amide bonds. The van der Waals surface area contributed by atoms with Crippen molar-refractivity contribution in [2.45, 2.75) is 31.1 Å². The Morgan fingerprint density at radius 3 is 2.41 bits per heavy atom. The number of fused-ring (bicyclic) bond motifs is 1. The van der Waals surface area contributed by atoms with Gasteiger partial charge in [0.05, 0.1) is 11.3 Å². The van der Waals surface area contributed by atoms with Gasteiger partial charge < -0.3 is 10.2 Å². The zero-order valence-corrected chi connectivity index (χ0v) is 17.1. The monoisotopic (exact) mass is 481 g/mol. The highest BCUT2D eigenvalue weighted by atomic mass is 32.2. The maximum atomic E-state index is 12.7. The van der Waals surface area contributed by atoms with Crippen molar-refractivity contribution in [3.05, 3.63) is 53.2 Å². The first kappa shape index (κ1) is 23.8. The van der Waals surface area contributed by atoms with Gasteiger partial charge in [0.15, 0.2) is 0 Å². The van der Waals surface area contributed by atoms with Crippen LogP contribution in [0.3, 0.4) is 0 Å². The van der Waals surface area contributed by atoms with E-state index in [4.69, 9.17) is 0 Å². The number of nitrogens with zero attached hydrogens (tertiary/aromatic N) is 2. The van der Waals surface area contributed by atoms with Gasteiger partial charge in [0.1, 0.15) is 5.82 Å². The third-order valence-electron chi connectivity index (χ3n) is 4.91. The maximum absolute atomic E-state index is 12.7. The topological polar surface area (TPSA) is 79.4 Å². The van der Waals surface area contributed by atoms with Crippen molar-refractivity contribution in [3.8, 4) is 0 Å². The Morgan fingerprint density at radius 1 is 1.09 bits per heavy atom. The van der Waals surface area contributed by atoms with Crippen molar-refractivity contribution in [3.63, 3.8) is 0 Å². The lowest BCUT2D eigenvalue weighted by molar-refractivity contribution is -0.137. The molecule has 0 saturated carbocycles. The minimum Gasteiger partial charge on any atom is -0.340 e. The average molecular weight is 481 g/mol. The van der Waals surface area contributed by atoms with Gasteiger partial charge in [0.2, 0.25) is 15.7 Å². The number of nitrogens with one attached hydrogen (secondary N) is 1. The van der Waals surface area contributed by atoms with Gasteiger partial charge in [-0.05, 0) is 35.7 Å². The number of halogens is 6. The minimum atomic E-state index is -5.41. The molecule has 0 radical (unpaired) electrons. The van der Waals surface area contributed by atoms with Crippen LogP contribution in [-0.4, -0.2) is 42.0 Å². The molecule has 1 aromatic heterocycles. The second-order valence-corrected chi connectivity index (χ2v) is 9.18. The zero-order chi connectivity index (χ0) is 23.7. The lowest BCUT2D eigenvalue weighted by atomic mass is 9.97. The Balaban J connectivity index is 1.68. The molecule has 1 aromatic carbocycles. The van der Waals surface area contributed by atoms with Crippen molar-refractivity contribution < 1.29 is 39.6 Å². The summed E-state index contributed by atoms with van der Waals surface area (Å²) in [5.74, 6) is -1.85. The predicted octanol–water partition coefficient (Wildman–Crippen LogP) is 4.05. The third kappa shape index (κ3) is 5.31. The van der Waals surface area contributed by atoms with Crippen LogP contribution in [0.2, 0.25) is 0 Å². The molecule has 0 spiro atoms. The molecule has 2 aromatic rings. The molecule has 0 atom stereocenters. The van der Waals surface area contributed by atoms with Crippen molar-refractivity contribution in [1.29, 1.82) is 0 Å². The lowest BCUT2D eigenvalue weighted by Gasteiger charge is -2.30. The molecule has 1 aliphatic heterocycles. The first-order valence-corrected chi connectivity index (χ1v) is 10.9. The van der Waals surface area contributed by atoms with Crippen molar-refractivity contribution in [1.82, 2.24) is 9.88 Å². The SMILES string of the molecule is O=C(CCS(=O)(=O)C(F)(F)F)N1CCc2c(cccc2Nc2ccc(C(F)(F)F)cn2)C1.